The molecule has 0 aliphatic heterocycles. The molecular formula is C12H19NOS. The maximum atomic E-state index is 10.8. The van der Waals surface area contributed by atoms with Gasteiger partial charge in [0, 0.05) is 35.9 Å². The largest absolute Gasteiger partial charge is 0.312 e. The van der Waals surface area contributed by atoms with Crippen LogP contribution in [0.25, 0.3) is 0 Å². The molecule has 0 heterocycles. The van der Waals surface area contributed by atoms with Crippen LogP contribution in [0, 0.1) is 13.8 Å². The normalized spacial score (nSPS) is 12.7. The molecule has 0 saturated heterocycles. The molecule has 15 heavy (non-hydrogen) atoms. The lowest BCUT2D eigenvalue weighted by atomic mass is 10.1. The lowest BCUT2D eigenvalue weighted by molar-refractivity contribution is 0.676. The first-order valence-corrected chi connectivity index (χ1v) is 6.88. The van der Waals surface area contributed by atoms with E-state index < -0.39 is 10.8 Å². The van der Waals surface area contributed by atoms with Crippen molar-refractivity contribution in [3.63, 3.8) is 0 Å². The van der Waals surface area contributed by atoms with Crippen LogP contribution < -0.4 is 5.32 Å². The Morgan fingerprint density at radius 3 is 2.33 bits per heavy atom. The number of hydrogen-bond donors (Lipinski definition) is 1. The zero-order valence-electron chi connectivity index (χ0n) is 9.67. The molecule has 0 bridgehead atoms. The van der Waals surface area contributed by atoms with Crippen molar-refractivity contribution in [2.75, 3.05) is 18.6 Å². The van der Waals surface area contributed by atoms with Gasteiger partial charge in [-0.05, 0) is 19.4 Å². The number of aryl methyl sites for hydroxylation is 2. The highest BCUT2D eigenvalue weighted by molar-refractivity contribution is 7.84. The molecule has 0 aliphatic rings. The fourth-order valence-electron chi connectivity index (χ4n) is 1.62. The van der Waals surface area contributed by atoms with Gasteiger partial charge in [-0.1, -0.05) is 29.3 Å². The Morgan fingerprint density at radius 2 is 1.80 bits per heavy atom. The van der Waals surface area contributed by atoms with E-state index in [0.717, 1.165) is 18.8 Å². The van der Waals surface area contributed by atoms with Crippen LogP contribution in [0.4, 0.5) is 0 Å². The second kappa shape index (κ2) is 6.03. The van der Waals surface area contributed by atoms with Gasteiger partial charge in [0.25, 0.3) is 0 Å². The van der Waals surface area contributed by atoms with E-state index >= 15 is 0 Å². The Labute approximate surface area is 94.5 Å². The van der Waals surface area contributed by atoms with Crippen molar-refractivity contribution in [3.8, 4) is 0 Å². The van der Waals surface area contributed by atoms with Gasteiger partial charge in [0.1, 0.15) is 0 Å². The third-order valence-electron chi connectivity index (χ3n) is 2.18. The van der Waals surface area contributed by atoms with Crippen LogP contribution >= 0.6 is 0 Å². The number of rotatable bonds is 5. The summed E-state index contributed by atoms with van der Waals surface area (Å²) in [4.78, 5) is 0. The van der Waals surface area contributed by atoms with E-state index in [2.05, 4.69) is 37.4 Å². The summed E-state index contributed by atoms with van der Waals surface area (Å²) in [6.45, 7) is 5.89. The van der Waals surface area contributed by atoms with E-state index in [1.807, 2.05) is 0 Å². The number of hydrogen-bond acceptors (Lipinski definition) is 2. The van der Waals surface area contributed by atoms with Gasteiger partial charge in [-0.15, -0.1) is 0 Å². The average Bonchev–Trinajstić information content (AvgIpc) is 2.10. The van der Waals surface area contributed by atoms with Crippen LogP contribution in [-0.4, -0.2) is 22.8 Å². The van der Waals surface area contributed by atoms with Crippen LogP contribution in [-0.2, 0) is 17.3 Å². The molecule has 1 atom stereocenters. The van der Waals surface area contributed by atoms with Gasteiger partial charge in [0.15, 0.2) is 0 Å². The van der Waals surface area contributed by atoms with E-state index in [9.17, 15) is 4.21 Å². The molecule has 1 N–H and O–H groups in total. The lowest BCUT2D eigenvalue weighted by Gasteiger charge is -2.06. The van der Waals surface area contributed by atoms with Crippen molar-refractivity contribution in [2.24, 2.45) is 0 Å². The van der Waals surface area contributed by atoms with Crippen molar-refractivity contribution in [2.45, 2.75) is 20.4 Å². The first kappa shape index (κ1) is 12.4. The van der Waals surface area contributed by atoms with Crippen molar-refractivity contribution in [1.29, 1.82) is 0 Å². The summed E-state index contributed by atoms with van der Waals surface area (Å²) >= 11 is 0. The van der Waals surface area contributed by atoms with E-state index in [0.29, 0.717) is 0 Å². The summed E-state index contributed by atoms with van der Waals surface area (Å²) in [7, 11) is -0.695. The van der Waals surface area contributed by atoms with Gasteiger partial charge < -0.3 is 5.32 Å². The number of nitrogens with one attached hydrogen (secondary N) is 1. The predicted molar refractivity (Wildman–Crippen MR) is 66.6 cm³/mol. The average molecular weight is 225 g/mol. The molecule has 0 unspecified atom stereocenters. The van der Waals surface area contributed by atoms with Gasteiger partial charge in [-0.3, -0.25) is 4.21 Å². The quantitative estimate of drug-likeness (QED) is 0.774. The summed E-state index contributed by atoms with van der Waals surface area (Å²) in [5.74, 6) is 0.727. The highest BCUT2D eigenvalue weighted by Crippen LogP contribution is 2.08. The van der Waals surface area contributed by atoms with Crippen LogP contribution in [0.15, 0.2) is 18.2 Å². The first-order chi connectivity index (χ1) is 7.08. The highest BCUT2D eigenvalue weighted by Gasteiger charge is 1.96. The summed E-state index contributed by atoms with van der Waals surface area (Å²) in [5.41, 5.74) is 3.89. The molecule has 0 radical (unpaired) electrons. The minimum atomic E-state index is -0.695. The van der Waals surface area contributed by atoms with Crippen LogP contribution in [0.2, 0.25) is 0 Å². The zero-order chi connectivity index (χ0) is 11.3. The maximum Gasteiger partial charge on any atom is 0.0357 e. The molecule has 3 heteroatoms. The molecule has 1 aromatic carbocycles. The van der Waals surface area contributed by atoms with E-state index in [1.165, 1.54) is 16.7 Å². The van der Waals surface area contributed by atoms with Crippen LogP contribution in [0.5, 0.6) is 0 Å². The third kappa shape index (κ3) is 5.09. The van der Waals surface area contributed by atoms with Crippen molar-refractivity contribution < 1.29 is 4.21 Å². The Morgan fingerprint density at radius 1 is 1.20 bits per heavy atom. The summed E-state index contributed by atoms with van der Waals surface area (Å²) in [6, 6.07) is 6.54. The SMILES string of the molecule is Cc1cc(C)cc(CNCC[S@@](C)=O)c1. The van der Waals surface area contributed by atoms with E-state index in [-0.39, 0.29) is 0 Å². The Hall–Kier alpha value is -0.670. The fourth-order valence-corrected chi connectivity index (χ4v) is 2.05. The van der Waals surface area contributed by atoms with Gasteiger partial charge in [0.05, 0.1) is 0 Å². The predicted octanol–water partition coefficient (Wildman–Crippen LogP) is 1.77. The molecule has 1 aromatic rings. The third-order valence-corrected chi connectivity index (χ3v) is 2.96. The molecular weight excluding hydrogens is 206 g/mol. The zero-order valence-corrected chi connectivity index (χ0v) is 10.5. The monoisotopic (exact) mass is 225 g/mol. The molecule has 2 nitrogen and oxygen atoms in total. The molecule has 0 saturated carbocycles. The van der Waals surface area contributed by atoms with Crippen LogP contribution in [0.1, 0.15) is 16.7 Å². The molecule has 1 rings (SSSR count). The standard InChI is InChI=1S/C12H19NOS/c1-10-6-11(2)8-12(7-10)9-13-4-5-15(3)14/h6-8,13H,4-5,9H2,1-3H3/t15-/m1/s1. The van der Waals surface area contributed by atoms with Gasteiger partial charge >= 0.3 is 0 Å². The lowest BCUT2D eigenvalue weighted by Crippen LogP contribution is -2.19. The van der Waals surface area contributed by atoms with Crippen molar-refractivity contribution >= 4 is 10.8 Å². The minimum Gasteiger partial charge on any atom is -0.312 e. The van der Waals surface area contributed by atoms with Crippen molar-refractivity contribution in [3.05, 3.63) is 34.9 Å². The van der Waals surface area contributed by atoms with Crippen LogP contribution in [0.3, 0.4) is 0 Å². The highest BCUT2D eigenvalue weighted by atomic mass is 32.2. The molecule has 0 spiro atoms. The molecule has 0 aliphatic carbocycles. The fraction of sp³-hybridized carbons (Fsp3) is 0.500. The smallest absolute Gasteiger partial charge is 0.0357 e. The van der Waals surface area contributed by atoms with E-state index in [4.69, 9.17) is 0 Å². The molecule has 0 aromatic heterocycles. The Kier molecular flexibility index (Phi) is 4.99. The summed E-state index contributed by atoms with van der Waals surface area (Å²) in [6.07, 6.45) is 1.73. The molecule has 84 valence electrons. The summed E-state index contributed by atoms with van der Waals surface area (Å²) < 4.78 is 10.8. The van der Waals surface area contributed by atoms with Crippen molar-refractivity contribution in [1.82, 2.24) is 5.32 Å². The first-order valence-electron chi connectivity index (χ1n) is 5.16. The molecule has 0 amide bonds. The Balaban J connectivity index is 2.40. The topological polar surface area (TPSA) is 29.1 Å². The maximum absolute atomic E-state index is 10.8. The minimum absolute atomic E-state index is 0.695. The molecule has 0 fully saturated rings. The Bertz CT molecular complexity index is 329. The second-order valence-electron chi connectivity index (χ2n) is 3.95. The van der Waals surface area contributed by atoms with E-state index in [1.54, 1.807) is 6.26 Å². The van der Waals surface area contributed by atoms with Gasteiger partial charge in [0.2, 0.25) is 0 Å². The van der Waals surface area contributed by atoms with Gasteiger partial charge in [-0.2, -0.15) is 0 Å². The number of benzene rings is 1. The van der Waals surface area contributed by atoms with Gasteiger partial charge in [-0.25, -0.2) is 0 Å². The summed E-state index contributed by atoms with van der Waals surface area (Å²) in [5, 5.41) is 3.29. The second-order valence-corrected chi connectivity index (χ2v) is 5.50.